The largest absolute Gasteiger partial charge is 0.496 e. The van der Waals surface area contributed by atoms with E-state index in [1.54, 1.807) is 24.3 Å². The highest BCUT2D eigenvalue weighted by Crippen LogP contribution is 2.31. The first-order valence-corrected chi connectivity index (χ1v) is 9.96. The number of nitro benzene ring substituents is 1. The zero-order valence-electron chi connectivity index (χ0n) is 15.3. The quantitative estimate of drug-likeness (QED) is 0.109. The second kappa shape index (κ2) is 9.09. The zero-order chi connectivity index (χ0) is 21.0. The molecule has 150 valence electrons. The molecule has 0 spiro atoms. The Hall–Kier alpha value is -2.87. The second-order valence-corrected chi connectivity index (χ2v) is 8.05. The van der Waals surface area contributed by atoms with Crippen molar-refractivity contribution in [3.63, 3.8) is 0 Å². The van der Waals surface area contributed by atoms with Crippen molar-refractivity contribution in [1.82, 2.24) is 20.3 Å². The van der Waals surface area contributed by atoms with Gasteiger partial charge in [0.25, 0.3) is 5.69 Å². The summed E-state index contributed by atoms with van der Waals surface area (Å²) in [6, 6.07) is 7.99. The molecule has 1 aromatic carbocycles. The van der Waals surface area contributed by atoms with E-state index in [1.165, 1.54) is 19.4 Å². The number of anilines is 3. The second-order valence-electron chi connectivity index (χ2n) is 5.77. The minimum atomic E-state index is -0.498. The first kappa shape index (κ1) is 20.9. The lowest BCUT2D eigenvalue weighted by molar-refractivity contribution is -0.384. The average molecular weight is 525 g/mol. The van der Waals surface area contributed by atoms with Gasteiger partial charge in [-0.25, -0.2) is 15.0 Å². The lowest BCUT2D eigenvalue weighted by Crippen LogP contribution is -2.32. The Morgan fingerprint density at radius 2 is 2.03 bits per heavy atom. The predicted molar refractivity (Wildman–Crippen MR) is 123 cm³/mol. The van der Waals surface area contributed by atoms with Crippen molar-refractivity contribution >= 4 is 74.1 Å². The summed E-state index contributed by atoms with van der Waals surface area (Å²) in [5, 5.41) is 20.7. The fourth-order valence-corrected chi connectivity index (χ4v) is 3.20. The lowest BCUT2D eigenvalue weighted by Gasteiger charge is -2.12. The Bertz CT molecular complexity index is 1080. The fourth-order valence-electron chi connectivity index (χ4n) is 2.39. The SMILES string of the molecule is COc1ccc(Nc2cnc3ccc(NC(=S)NC(C)I)nc3n2)c([N+](=O)[O-])c1. The maximum atomic E-state index is 11.4. The van der Waals surface area contributed by atoms with E-state index >= 15 is 0 Å². The summed E-state index contributed by atoms with van der Waals surface area (Å²) in [5.74, 6) is 1.21. The summed E-state index contributed by atoms with van der Waals surface area (Å²) in [5.41, 5.74) is 1.06. The number of benzene rings is 1. The Morgan fingerprint density at radius 1 is 1.28 bits per heavy atom. The highest BCUT2D eigenvalue weighted by molar-refractivity contribution is 14.1. The molecule has 0 aliphatic carbocycles. The first-order chi connectivity index (χ1) is 13.9. The van der Waals surface area contributed by atoms with Crippen molar-refractivity contribution < 1.29 is 9.66 Å². The van der Waals surface area contributed by atoms with E-state index in [0.29, 0.717) is 33.7 Å². The molecule has 0 aliphatic rings. The Balaban J connectivity index is 1.87. The van der Waals surface area contributed by atoms with Gasteiger partial charge in [0.2, 0.25) is 0 Å². The van der Waals surface area contributed by atoms with Gasteiger partial charge in [-0.05, 0) is 43.4 Å². The smallest absolute Gasteiger partial charge is 0.296 e. The number of pyridine rings is 1. The molecule has 2 aromatic heterocycles. The molecule has 3 aromatic rings. The van der Waals surface area contributed by atoms with Gasteiger partial charge in [-0.15, -0.1) is 0 Å². The lowest BCUT2D eigenvalue weighted by atomic mass is 10.2. The summed E-state index contributed by atoms with van der Waals surface area (Å²) < 4.78 is 5.20. The number of aromatic nitrogens is 3. The van der Waals surface area contributed by atoms with Gasteiger partial charge in [-0.3, -0.25) is 10.1 Å². The van der Waals surface area contributed by atoms with E-state index in [9.17, 15) is 10.1 Å². The Morgan fingerprint density at radius 3 is 2.72 bits per heavy atom. The highest BCUT2D eigenvalue weighted by Gasteiger charge is 2.16. The topological polar surface area (TPSA) is 127 Å². The van der Waals surface area contributed by atoms with E-state index in [0.717, 1.165) is 0 Å². The molecule has 2 heterocycles. The molecule has 0 aliphatic heterocycles. The van der Waals surface area contributed by atoms with E-state index in [1.807, 2.05) is 6.92 Å². The van der Waals surface area contributed by atoms with Crippen LogP contribution in [-0.2, 0) is 0 Å². The van der Waals surface area contributed by atoms with Crippen molar-refractivity contribution in [2.24, 2.45) is 0 Å². The van der Waals surface area contributed by atoms with Gasteiger partial charge in [0.1, 0.15) is 22.8 Å². The van der Waals surface area contributed by atoms with Crippen LogP contribution in [0.4, 0.5) is 23.0 Å². The number of nitrogens with zero attached hydrogens (tertiary/aromatic N) is 4. The predicted octanol–water partition coefficient (Wildman–Crippen LogP) is 3.75. The standard InChI is InChI=1S/C17H16IN7O3S/c1-9(18)20-17(29)24-14-6-5-12-16(22-14)23-15(8-19-12)21-11-4-3-10(28-2)7-13(11)25(26)27/h3-9H,1-2H3,(H3,20,21,22,23,24,29). The maximum absolute atomic E-state index is 11.4. The van der Waals surface area contributed by atoms with Crippen LogP contribution in [0.15, 0.2) is 36.5 Å². The van der Waals surface area contributed by atoms with Gasteiger partial charge in [0.15, 0.2) is 16.6 Å². The normalized spacial score (nSPS) is 11.6. The molecule has 29 heavy (non-hydrogen) atoms. The molecule has 0 fully saturated rings. The molecule has 0 amide bonds. The van der Waals surface area contributed by atoms with Crippen LogP contribution >= 0.6 is 34.8 Å². The van der Waals surface area contributed by atoms with E-state index in [-0.39, 0.29) is 15.4 Å². The number of nitro groups is 1. The Labute approximate surface area is 184 Å². The number of methoxy groups -OCH3 is 1. The molecular formula is C17H16IN7O3S. The number of fused-ring (bicyclic) bond motifs is 1. The molecule has 1 atom stereocenters. The molecule has 0 bridgehead atoms. The van der Waals surface area contributed by atoms with Crippen LogP contribution in [0.3, 0.4) is 0 Å². The molecule has 3 N–H and O–H groups in total. The van der Waals surface area contributed by atoms with Crippen LogP contribution in [0.25, 0.3) is 11.2 Å². The zero-order valence-corrected chi connectivity index (χ0v) is 18.3. The number of nitrogens with one attached hydrogen (secondary N) is 3. The van der Waals surface area contributed by atoms with Gasteiger partial charge in [-0.1, -0.05) is 22.6 Å². The number of hydrogen-bond acceptors (Lipinski definition) is 8. The van der Waals surface area contributed by atoms with Gasteiger partial charge in [0.05, 0.1) is 28.3 Å². The summed E-state index contributed by atoms with van der Waals surface area (Å²) in [4.78, 5) is 23.9. The van der Waals surface area contributed by atoms with Crippen molar-refractivity contribution in [3.05, 3.63) is 46.6 Å². The molecule has 0 radical (unpaired) electrons. The van der Waals surface area contributed by atoms with Crippen molar-refractivity contribution in [3.8, 4) is 5.75 Å². The molecule has 0 saturated heterocycles. The summed E-state index contributed by atoms with van der Waals surface area (Å²) >= 11 is 7.41. The molecule has 1 unspecified atom stereocenters. The van der Waals surface area contributed by atoms with Crippen molar-refractivity contribution in [2.75, 3.05) is 17.7 Å². The van der Waals surface area contributed by atoms with Gasteiger partial charge >= 0.3 is 0 Å². The van der Waals surface area contributed by atoms with Crippen LogP contribution in [0.5, 0.6) is 5.75 Å². The molecule has 0 saturated carbocycles. The van der Waals surface area contributed by atoms with E-state index in [2.05, 4.69) is 53.5 Å². The third-order valence-corrected chi connectivity index (χ3v) is 4.17. The maximum Gasteiger partial charge on any atom is 0.296 e. The summed E-state index contributed by atoms with van der Waals surface area (Å²) in [6.07, 6.45) is 1.48. The average Bonchev–Trinajstić information content (AvgIpc) is 2.67. The number of hydrogen-bond donors (Lipinski definition) is 3. The summed E-state index contributed by atoms with van der Waals surface area (Å²) in [6.45, 7) is 1.96. The fraction of sp³-hybridized carbons (Fsp3) is 0.176. The molecule has 3 rings (SSSR count). The third-order valence-electron chi connectivity index (χ3n) is 3.64. The first-order valence-electron chi connectivity index (χ1n) is 8.30. The highest BCUT2D eigenvalue weighted by atomic mass is 127. The Kier molecular flexibility index (Phi) is 6.53. The van der Waals surface area contributed by atoms with Gasteiger partial charge < -0.3 is 20.7 Å². The van der Waals surface area contributed by atoms with Crippen molar-refractivity contribution in [2.45, 2.75) is 11.0 Å². The third kappa shape index (κ3) is 5.35. The number of ether oxygens (including phenoxy) is 1. The minimum Gasteiger partial charge on any atom is -0.496 e. The molecular weight excluding hydrogens is 509 g/mol. The van der Waals surface area contributed by atoms with Gasteiger partial charge in [-0.2, -0.15) is 0 Å². The van der Waals surface area contributed by atoms with E-state index in [4.69, 9.17) is 17.0 Å². The van der Waals surface area contributed by atoms with Crippen LogP contribution in [0, 0.1) is 10.1 Å². The number of thiocarbonyl (C=S) groups is 1. The summed E-state index contributed by atoms with van der Waals surface area (Å²) in [7, 11) is 1.44. The van der Waals surface area contributed by atoms with Crippen LogP contribution in [0.2, 0.25) is 0 Å². The number of halogens is 1. The van der Waals surface area contributed by atoms with Gasteiger partial charge in [0, 0.05) is 0 Å². The number of alkyl halides is 1. The van der Waals surface area contributed by atoms with E-state index < -0.39 is 4.92 Å². The minimum absolute atomic E-state index is 0.140. The molecule has 10 nitrogen and oxygen atoms in total. The van der Waals surface area contributed by atoms with Crippen molar-refractivity contribution in [1.29, 1.82) is 0 Å². The van der Waals surface area contributed by atoms with Crippen LogP contribution in [0.1, 0.15) is 6.92 Å². The van der Waals surface area contributed by atoms with Crippen LogP contribution in [-0.4, -0.2) is 36.1 Å². The van der Waals surface area contributed by atoms with Crippen LogP contribution < -0.4 is 20.7 Å². The molecule has 12 heteroatoms. The number of rotatable bonds is 6. The monoisotopic (exact) mass is 525 g/mol.